The van der Waals surface area contributed by atoms with Crippen molar-refractivity contribution in [2.45, 2.75) is 6.92 Å². The van der Waals surface area contributed by atoms with Gasteiger partial charge in [0.1, 0.15) is 16.8 Å². The molecule has 1 N–H and O–H groups in total. The summed E-state index contributed by atoms with van der Waals surface area (Å²) in [5.74, 6) is 0. The van der Waals surface area contributed by atoms with Gasteiger partial charge in [-0.1, -0.05) is 18.3 Å². The fourth-order valence-corrected chi connectivity index (χ4v) is 2.72. The van der Waals surface area contributed by atoms with E-state index in [1.165, 1.54) is 11.3 Å². The first-order chi connectivity index (χ1) is 8.19. The highest BCUT2D eigenvalue weighted by Gasteiger charge is 2.16. The van der Waals surface area contributed by atoms with E-state index in [0.717, 1.165) is 4.88 Å². The first-order valence-electron chi connectivity index (χ1n) is 4.80. The van der Waals surface area contributed by atoms with Crippen molar-refractivity contribution in [3.8, 4) is 22.6 Å². The predicted molar refractivity (Wildman–Crippen MR) is 69.1 cm³/mol. The van der Waals surface area contributed by atoms with Crippen molar-refractivity contribution >= 4 is 23.6 Å². The van der Waals surface area contributed by atoms with Crippen LogP contribution in [0.4, 0.5) is 0 Å². The van der Waals surface area contributed by atoms with Gasteiger partial charge in [0.25, 0.3) is 0 Å². The fourth-order valence-electron chi connectivity index (χ4n) is 1.63. The molecule has 0 spiro atoms. The molecule has 0 saturated heterocycles. The number of hydrogen-bond donors (Lipinski definition) is 1. The molecule has 0 aliphatic rings. The van der Waals surface area contributed by atoms with E-state index in [0.29, 0.717) is 27.0 Å². The average Bonchev–Trinajstić information content (AvgIpc) is 2.81. The maximum Gasteiger partial charge on any atom is 0.122 e. The lowest BCUT2D eigenvalue weighted by atomic mass is 10.0. The van der Waals surface area contributed by atoms with Crippen molar-refractivity contribution < 1.29 is 0 Å². The normalized spacial score (nSPS) is 9.59. The van der Waals surface area contributed by atoms with E-state index < -0.39 is 0 Å². The third-order valence-corrected chi connectivity index (χ3v) is 3.59. The molecule has 0 saturated carbocycles. The second-order valence-electron chi connectivity index (χ2n) is 3.41. The standard InChI is InChI=1S/C12H7N3S2/c1-7-8(5-13)11(10-3-2-4-17-10)9(6-14)12(16)15-7/h2-4H,1H3,(H,15,16). The van der Waals surface area contributed by atoms with Crippen LogP contribution in [0.1, 0.15) is 16.8 Å². The molecule has 0 bridgehead atoms. The number of aryl methyl sites for hydroxylation is 1. The molecule has 2 heterocycles. The number of nitrogens with zero attached hydrogens (tertiary/aromatic N) is 2. The number of hydrogen-bond acceptors (Lipinski definition) is 4. The van der Waals surface area contributed by atoms with Gasteiger partial charge in [0.05, 0.1) is 11.1 Å². The number of H-pyrrole nitrogens is 1. The highest BCUT2D eigenvalue weighted by molar-refractivity contribution is 7.71. The molecule has 5 heteroatoms. The minimum atomic E-state index is 0.365. The Morgan fingerprint density at radius 3 is 2.53 bits per heavy atom. The first-order valence-corrected chi connectivity index (χ1v) is 6.08. The quantitative estimate of drug-likeness (QED) is 0.795. The maximum absolute atomic E-state index is 9.20. The summed E-state index contributed by atoms with van der Waals surface area (Å²) in [6, 6.07) is 7.98. The summed E-state index contributed by atoms with van der Waals surface area (Å²) in [6.07, 6.45) is 0. The Kier molecular flexibility index (Phi) is 3.06. The van der Waals surface area contributed by atoms with E-state index in [1.807, 2.05) is 17.5 Å². The van der Waals surface area contributed by atoms with Crippen LogP contribution in [0.2, 0.25) is 0 Å². The topological polar surface area (TPSA) is 63.4 Å². The number of pyridine rings is 1. The Hall–Kier alpha value is -1.95. The maximum atomic E-state index is 9.20. The molecule has 0 radical (unpaired) electrons. The van der Waals surface area contributed by atoms with Crippen LogP contribution in [-0.2, 0) is 0 Å². The van der Waals surface area contributed by atoms with Crippen molar-refractivity contribution in [2.75, 3.05) is 0 Å². The number of nitrogens with one attached hydrogen (secondary N) is 1. The number of rotatable bonds is 1. The van der Waals surface area contributed by atoms with E-state index in [4.69, 9.17) is 17.5 Å². The smallest absolute Gasteiger partial charge is 0.122 e. The van der Waals surface area contributed by atoms with Crippen molar-refractivity contribution in [1.29, 1.82) is 10.5 Å². The van der Waals surface area contributed by atoms with Crippen LogP contribution in [0.3, 0.4) is 0 Å². The van der Waals surface area contributed by atoms with Crippen LogP contribution in [-0.4, -0.2) is 4.98 Å². The minimum absolute atomic E-state index is 0.365. The molecular formula is C12H7N3S2. The Bertz CT molecular complexity index is 697. The lowest BCUT2D eigenvalue weighted by Crippen LogP contribution is -1.97. The fraction of sp³-hybridized carbons (Fsp3) is 0.0833. The molecule has 3 nitrogen and oxygen atoms in total. The minimum Gasteiger partial charge on any atom is -0.348 e. The molecule has 0 atom stereocenters. The van der Waals surface area contributed by atoms with E-state index in [-0.39, 0.29) is 0 Å². The van der Waals surface area contributed by atoms with Crippen LogP contribution >= 0.6 is 23.6 Å². The van der Waals surface area contributed by atoms with Gasteiger partial charge in [0.15, 0.2) is 0 Å². The monoisotopic (exact) mass is 257 g/mol. The van der Waals surface area contributed by atoms with E-state index in [1.54, 1.807) is 6.92 Å². The largest absolute Gasteiger partial charge is 0.348 e. The first kappa shape index (κ1) is 11.5. The van der Waals surface area contributed by atoms with Gasteiger partial charge in [0, 0.05) is 16.1 Å². The molecule has 2 aromatic heterocycles. The lowest BCUT2D eigenvalue weighted by molar-refractivity contribution is 1.15. The zero-order chi connectivity index (χ0) is 12.4. The van der Waals surface area contributed by atoms with Crippen molar-refractivity contribution in [3.63, 3.8) is 0 Å². The molecule has 17 heavy (non-hydrogen) atoms. The summed E-state index contributed by atoms with van der Waals surface area (Å²) < 4.78 is 0.382. The highest BCUT2D eigenvalue weighted by Crippen LogP contribution is 2.32. The van der Waals surface area contributed by atoms with Crippen LogP contribution in [0.15, 0.2) is 17.5 Å². The summed E-state index contributed by atoms with van der Waals surface area (Å²) >= 11 is 6.61. The molecule has 2 rings (SSSR count). The number of aromatic amines is 1. The predicted octanol–water partition coefficient (Wildman–Crippen LogP) is 3.52. The summed E-state index contributed by atoms with van der Waals surface area (Å²) in [4.78, 5) is 3.78. The van der Waals surface area contributed by atoms with Gasteiger partial charge in [-0.3, -0.25) is 0 Å². The zero-order valence-electron chi connectivity index (χ0n) is 8.94. The molecule has 0 aliphatic carbocycles. The van der Waals surface area contributed by atoms with Crippen LogP contribution in [0.25, 0.3) is 10.4 Å². The lowest BCUT2D eigenvalue weighted by Gasteiger charge is -2.07. The van der Waals surface area contributed by atoms with Crippen molar-refractivity contribution in [1.82, 2.24) is 4.98 Å². The van der Waals surface area contributed by atoms with Gasteiger partial charge in [-0.25, -0.2) is 0 Å². The molecular weight excluding hydrogens is 250 g/mol. The molecule has 0 aromatic carbocycles. The van der Waals surface area contributed by atoms with Crippen molar-refractivity contribution in [2.24, 2.45) is 0 Å². The third-order valence-electron chi connectivity index (χ3n) is 2.39. The van der Waals surface area contributed by atoms with Crippen LogP contribution in [0.5, 0.6) is 0 Å². The highest BCUT2D eigenvalue weighted by atomic mass is 32.1. The van der Waals surface area contributed by atoms with Gasteiger partial charge in [-0.05, 0) is 18.4 Å². The Morgan fingerprint density at radius 2 is 2.00 bits per heavy atom. The van der Waals surface area contributed by atoms with Gasteiger partial charge in [-0.15, -0.1) is 11.3 Å². The average molecular weight is 257 g/mol. The summed E-state index contributed by atoms with van der Waals surface area (Å²) in [5, 5.41) is 20.3. The van der Waals surface area contributed by atoms with Crippen LogP contribution in [0, 0.1) is 34.2 Å². The summed E-state index contributed by atoms with van der Waals surface area (Å²) in [5.41, 5.74) is 2.19. The third kappa shape index (κ3) is 1.87. The number of nitriles is 2. The Balaban J connectivity index is 2.95. The molecule has 82 valence electrons. The molecule has 0 fully saturated rings. The molecule has 0 aliphatic heterocycles. The zero-order valence-corrected chi connectivity index (χ0v) is 10.6. The van der Waals surface area contributed by atoms with Gasteiger partial charge < -0.3 is 4.98 Å². The van der Waals surface area contributed by atoms with Gasteiger partial charge in [0.2, 0.25) is 0 Å². The number of thiophene rings is 1. The second-order valence-corrected chi connectivity index (χ2v) is 4.76. The SMILES string of the molecule is Cc1[nH]c(=S)c(C#N)c(-c2cccs2)c1C#N. The van der Waals surface area contributed by atoms with E-state index in [9.17, 15) is 5.26 Å². The summed E-state index contributed by atoms with van der Waals surface area (Å²) in [6.45, 7) is 1.78. The molecule has 0 unspecified atom stereocenters. The van der Waals surface area contributed by atoms with E-state index >= 15 is 0 Å². The molecule has 0 amide bonds. The second kappa shape index (κ2) is 4.50. The van der Waals surface area contributed by atoms with Crippen LogP contribution < -0.4 is 0 Å². The van der Waals surface area contributed by atoms with E-state index in [2.05, 4.69) is 17.1 Å². The number of aromatic nitrogens is 1. The Labute approximate surface area is 108 Å². The van der Waals surface area contributed by atoms with Gasteiger partial charge in [-0.2, -0.15) is 10.5 Å². The Morgan fingerprint density at radius 1 is 1.29 bits per heavy atom. The van der Waals surface area contributed by atoms with Gasteiger partial charge >= 0.3 is 0 Å². The van der Waals surface area contributed by atoms with Crippen molar-refractivity contribution in [3.05, 3.63) is 39.0 Å². The molecule has 2 aromatic rings. The summed E-state index contributed by atoms with van der Waals surface area (Å²) in [7, 11) is 0.